The summed E-state index contributed by atoms with van der Waals surface area (Å²) in [6.07, 6.45) is 2.39. The normalized spacial score (nSPS) is 14.0. The van der Waals surface area contributed by atoms with Crippen LogP contribution in [0.4, 0.5) is 5.69 Å². The first-order valence-electron chi connectivity index (χ1n) is 10.3. The van der Waals surface area contributed by atoms with Crippen molar-refractivity contribution in [1.82, 2.24) is 20.5 Å². The topological polar surface area (TPSA) is 109 Å². The minimum absolute atomic E-state index is 0.0998. The summed E-state index contributed by atoms with van der Waals surface area (Å²) in [5, 5.41) is 13.0. The number of rotatable bonds is 8. The van der Waals surface area contributed by atoms with Gasteiger partial charge in [0.2, 0.25) is 11.8 Å². The average Bonchev–Trinajstić information content (AvgIpc) is 3.49. The number of anilines is 1. The molecule has 3 aromatic rings. The molecule has 1 atom stereocenters. The molecule has 4 rings (SSSR count). The predicted octanol–water partition coefficient (Wildman–Crippen LogP) is 3.56. The second kappa shape index (κ2) is 8.99. The molecule has 0 saturated heterocycles. The molecule has 2 aromatic carbocycles. The van der Waals surface area contributed by atoms with Gasteiger partial charge >= 0.3 is 0 Å². The van der Waals surface area contributed by atoms with Crippen molar-refractivity contribution in [1.29, 1.82) is 0 Å². The lowest BCUT2D eigenvalue weighted by Gasteiger charge is -2.18. The van der Waals surface area contributed by atoms with Crippen molar-refractivity contribution in [3.8, 4) is 17.1 Å². The van der Waals surface area contributed by atoms with E-state index in [-0.39, 0.29) is 18.2 Å². The number of methoxy groups -OCH3 is 1. The highest BCUT2D eigenvalue weighted by atomic mass is 16.5. The Kier molecular flexibility index (Phi) is 5.97. The first kappa shape index (κ1) is 20.6. The van der Waals surface area contributed by atoms with Crippen molar-refractivity contribution >= 4 is 17.5 Å². The van der Waals surface area contributed by atoms with Crippen molar-refractivity contribution in [2.24, 2.45) is 0 Å². The monoisotopic (exact) mass is 419 g/mol. The number of H-pyrrole nitrogens is 1. The van der Waals surface area contributed by atoms with Crippen LogP contribution >= 0.6 is 0 Å². The Morgan fingerprint density at radius 3 is 2.65 bits per heavy atom. The minimum atomic E-state index is -0.444. The predicted molar refractivity (Wildman–Crippen MR) is 117 cm³/mol. The maximum atomic E-state index is 12.7. The van der Waals surface area contributed by atoms with Crippen molar-refractivity contribution in [2.75, 3.05) is 12.4 Å². The summed E-state index contributed by atoms with van der Waals surface area (Å²) in [7, 11) is 1.59. The number of hydrogen-bond donors (Lipinski definition) is 3. The molecule has 1 unspecified atom stereocenters. The van der Waals surface area contributed by atoms with E-state index in [1.54, 1.807) is 19.2 Å². The molecule has 0 aliphatic heterocycles. The summed E-state index contributed by atoms with van der Waals surface area (Å²) >= 11 is 0. The summed E-state index contributed by atoms with van der Waals surface area (Å²) in [4.78, 5) is 28.9. The van der Waals surface area contributed by atoms with Crippen LogP contribution in [0.5, 0.6) is 5.75 Å². The van der Waals surface area contributed by atoms with Gasteiger partial charge in [-0.15, -0.1) is 0 Å². The molecule has 31 heavy (non-hydrogen) atoms. The quantitative estimate of drug-likeness (QED) is 0.517. The van der Waals surface area contributed by atoms with Crippen LogP contribution in [-0.4, -0.2) is 34.1 Å². The highest BCUT2D eigenvalue weighted by Crippen LogP contribution is 2.38. The molecule has 160 valence electrons. The van der Waals surface area contributed by atoms with E-state index < -0.39 is 6.04 Å². The molecule has 1 fully saturated rings. The molecule has 2 amide bonds. The van der Waals surface area contributed by atoms with Gasteiger partial charge in [0.1, 0.15) is 11.6 Å². The molecule has 8 heteroatoms. The van der Waals surface area contributed by atoms with Gasteiger partial charge in [-0.2, -0.15) is 5.10 Å². The Morgan fingerprint density at radius 2 is 1.97 bits per heavy atom. The fraction of sp³-hybridized carbons (Fsp3) is 0.304. The van der Waals surface area contributed by atoms with Gasteiger partial charge in [0.05, 0.1) is 19.6 Å². The van der Waals surface area contributed by atoms with E-state index in [1.165, 1.54) is 6.92 Å². The van der Waals surface area contributed by atoms with E-state index in [4.69, 9.17) is 4.74 Å². The first-order valence-corrected chi connectivity index (χ1v) is 10.3. The fourth-order valence-corrected chi connectivity index (χ4v) is 3.41. The van der Waals surface area contributed by atoms with E-state index in [1.807, 2.05) is 36.4 Å². The smallest absolute Gasteiger partial charge is 0.226 e. The Bertz CT molecular complexity index is 1070. The highest BCUT2D eigenvalue weighted by Gasteiger charge is 2.27. The average molecular weight is 419 g/mol. The van der Waals surface area contributed by atoms with Crippen molar-refractivity contribution < 1.29 is 14.3 Å². The van der Waals surface area contributed by atoms with E-state index in [9.17, 15) is 9.59 Å². The number of nitrogens with one attached hydrogen (secondary N) is 3. The summed E-state index contributed by atoms with van der Waals surface area (Å²) < 4.78 is 5.18. The molecular formula is C23H25N5O3. The van der Waals surface area contributed by atoms with E-state index in [0.717, 1.165) is 29.8 Å². The van der Waals surface area contributed by atoms with Gasteiger partial charge in [0.15, 0.2) is 5.82 Å². The van der Waals surface area contributed by atoms with Crippen LogP contribution in [0.3, 0.4) is 0 Å². The zero-order valence-corrected chi connectivity index (χ0v) is 17.5. The Labute approximate surface area is 180 Å². The molecular weight excluding hydrogens is 394 g/mol. The molecule has 1 saturated carbocycles. The molecule has 1 aliphatic rings. The molecule has 3 N–H and O–H groups in total. The van der Waals surface area contributed by atoms with Crippen molar-refractivity contribution in [3.05, 3.63) is 59.9 Å². The standard InChI is InChI=1S/C23H25N5O3/c1-14(29)24-20(15-8-10-19(31-2)11-9-15)13-21(30)25-18-5-3-4-17(12-18)23-26-22(27-28-23)16-6-7-16/h3-5,8-12,16,20H,6-7,13H2,1-2H3,(H,24,29)(H,25,30)(H,26,27,28). The largest absolute Gasteiger partial charge is 0.497 e. The third kappa shape index (κ3) is 5.28. The third-order valence-electron chi connectivity index (χ3n) is 5.16. The zero-order valence-electron chi connectivity index (χ0n) is 17.5. The number of hydrogen-bond acceptors (Lipinski definition) is 5. The second-order valence-corrected chi connectivity index (χ2v) is 7.68. The van der Waals surface area contributed by atoms with Gasteiger partial charge in [-0.3, -0.25) is 14.7 Å². The van der Waals surface area contributed by atoms with Gasteiger partial charge < -0.3 is 15.4 Å². The van der Waals surface area contributed by atoms with E-state index in [2.05, 4.69) is 25.8 Å². The summed E-state index contributed by atoms with van der Waals surface area (Å²) in [6, 6.07) is 14.3. The lowest BCUT2D eigenvalue weighted by molar-refractivity contribution is -0.120. The highest BCUT2D eigenvalue weighted by molar-refractivity contribution is 5.92. The number of benzene rings is 2. The number of aromatic nitrogens is 3. The van der Waals surface area contributed by atoms with Gasteiger partial charge in [-0.05, 0) is 42.7 Å². The SMILES string of the molecule is COc1ccc(C(CC(=O)Nc2cccc(-c3n[nH]c(C4CC4)n3)c2)NC(C)=O)cc1. The van der Waals surface area contributed by atoms with Gasteiger partial charge in [-0.25, -0.2) is 4.98 Å². The van der Waals surface area contributed by atoms with Crippen LogP contribution in [0, 0.1) is 0 Å². The Balaban J connectivity index is 1.44. The maximum Gasteiger partial charge on any atom is 0.226 e. The Hall–Kier alpha value is -3.68. The van der Waals surface area contributed by atoms with Crippen LogP contribution < -0.4 is 15.4 Å². The van der Waals surface area contributed by atoms with Crippen LogP contribution in [0.15, 0.2) is 48.5 Å². The number of carbonyl (C=O) groups is 2. The van der Waals surface area contributed by atoms with E-state index >= 15 is 0 Å². The van der Waals surface area contributed by atoms with Crippen molar-refractivity contribution in [2.45, 2.75) is 38.1 Å². The minimum Gasteiger partial charge on any atom is -0.497 e. The molecule has 0 radical (unpaired) electrons. The van der Waals surface area contributed by atoms with Crippen molar-refractivity contribution in [3.63, 3.8) is 0 Å². The third-order valence-corrected chi connectivity index (χ3v) is 5.16. The molecule has 1 heterocycles. The Morgan fingerprint density at radius 1 is 1.19 bits per heavy atom. The van der Waals surface area contributed by atoms with Crippen LogP contribution in [0.2, 0.25) is 0 Å². The summed E-state index contributed by atoms with van der Waals surface area (Å²) in [6.45, 7) is 1.44. The molecule has 0 spiro atoms. The van der Waals surface area contributed by atoms with Gasteiger partial charge in [0, 0.05) is 24.1 Å². The number of amides is 2. The fourth-order valence-electron chi connectivity index (χ4n) is 3.41. The lowest BCUT2D eigenvalue weighted by atomic mass is 10.0. The van der Waals surface area contributed by atoms with Gasteiger partial charge in [-0.1, -0.05) is 24.3 Å². The number of carbonyl (C=O) groups excluding carboxylic acids is 2. The number of nitrogens with zero attached hydrogens (tertiary/aromatic N) is 2. The molecule has 0 bridgehead atoms. The van der Waals surface area contributed by atoms with E-state index in [0.29, 0.717) is 23.2 Å². The van der Waals surface area contributed by atoms with Gasteiger partial charge in [0.25, 0.3) is 0 Å². The summed E-state index contributed by atoms with van der Waals surface area (Å²) in [5.41, 5.74) is 2.30. The van der Waals surface area contributed by atoms with Crippen LogP contribution in [-0.2, 0) is 9.59 Å². The van der Waals surface area contributed by atoms with Crippen LogP contribution in [0.25, 0.3) is 11.4 Å². The molecule has 8 nitrogen and oxygen atoms in total. The maximum absolute atomic E-state index is 12.7. The lowest BCUT2D eigenvalue weighted by Crippen LogP contribution is -2.29. The number of ether oxygens (including phenoxy) is 1. The molecule has 1 aliphatic carbocycles. The zero-order chi connectivity index (χ0) is 21.8. The first-order chi connectivity index (χ1) is 15.0. The molecule has 1 aromatic heterocycles. The van der Waals surface area contributed by atoms with Crippen LogP contribution in [0.1, 0.15) is 49.5 Å². The summed E-state index contributed by atoms with van der Waals surface area (Å²) in [5.74, 6) is 2.33. The second-order valence-electron chi connectivity index (χ2n) is 7.68. The number of aromatic amines is 1.